The van der Waals surface area contributed by atoms with Crippen molar-refractivity contribution in [2.24, 2.45) is 22.7 Å². The van der Waals surface area contributed by atoms with Crippen molar-refractivity contribution < 1.29 is 27.2 Å². The van der Waals surface area contributed by atoms with Gasteiger partial charge < -0.3 is 4.90 Å². The van der Waals surface area contributed by atoms with Gasteiger partial charge in [0.1, 0.15) is 12.0 Å². The third-order valence-electron chi connectivity index (χ3n) is 9.78. The van der Waals surface area contributed by atoms with Crippen LogP contribution in [-0.4, -0.2) is 38.0 Å². The number of benzene rings is 1. The highest BCUT2D eigenvalue weighted by Gasteiger charge is 2.65. The van der Waals surface area contributed by atoms with Gasteiger partial charge in [-0.3, -0.25) is 9.59 Å². The first-order chi connectivity index (χ1) is 17.8. The van der Waals surface area contributed by atoms with Crippen LogP contribution < -0.4 is 4.90 Å². The number of Topliss-reactive ketones (excluding diaryl/α,β-unsaturated/α-hetero) is 1. The molecule has 0 N–H and O–H groups in total. The molecule has 0 aromatic heterocycles. The third kappa shape index (κ3) is 4.12. The Kier molecular flexibility index (Phi) is 6.40. The van der Waals surface area contributed by atoms with Crippen LogP contribution in [0.15, 0.2) is 47.1 Å². The molecular weight excluding hydrogens is 494 g/mol. The molecule has 0 aliphatic heterocycles. The summed E-state index contributed by atoms with van der Waals surface area (Å²) in [5.74, 6) is 2.85. The van der Waals surface area contributed by atoms with E-state index in [0.717, 1.165) is 22.4 Å². The fourth-order valence-corrected chi connectivity index (χ4v) is 8.01. The van der Waals surface area contributed by atoms with Gasteiger partial charge in [0.25, 0.3) is 0 Å². The normalized spacial score (nSPS) is 34.4. The number of fused-ring (bicyclic) bond motifs is 4. The van der Waals surface area contributed by atoms with Gasteiger partial charge in [-0.1, -0.05) is 30.6 Å². The molecule has 0 spiro atoms. The Labute approximate surface area is 221 Å². The van der Waals surface area contributed by atoms with Gasteiger partial charge in [-0.25, -0.2) is 4.39 Å². The fraction of sp³-hybridized carbons (Fsp3) is 0.548. The number of hydrogen-bond acceptors (Lipinski definition) is 3. The third-order valence-corrected chi connectivity index (χ3v) is 9.78. The number of anilines is 1. The van der Waals surface area contributed by atoms with Gasteiger partial charge in [-0.05, 0) is 91.2 Å². The smallest absolute Gasteiger partial charge is 0.378 e. The highest BCUT2D eigenvalue weighted by atomic mass is 19.4. The first-order valence-corrected chi connectivity index (χ1v) is 13.3. The molecule has 1 aromatic carbocycles. The maximum absolute atomic E-state index is 15.7. The van der Waals surface area contributed by atoms with Gasteiger partial charge in [-0.2, -0.15) is 13.2 Å². The van der Waals surface area contributed by atoms with Gasteiger partial charge >= 0.3 is 6.18 Å². The van der Waals surface area contributed by atoms with E-state index in [0.29, 0.717) is 31.3 Å². The lowest BCUT2D eigenvalue weighted by molar-refractivity contribution is -0.130. The Morgan fingerprint density at radius 1 is 1.13 bits per heavy atom. The molecule has 0 radical (unpaired) electrons. The van der Waals surface area contributed by atoms with Crippen LogP contribution >= 0.6 is 0 Å². The van der Waals surface area contributed by atoms with Crippen molar-refractivity contribution in [3.8, 4) is 11.8 Å². The standard InChI is InChI=1S/C31H33F4NO2/c1-18(37)30(13-14-31(33,34)35)12-11-26-24-16-27(32)23-15-21(38)9-10-22(23)28(24)25(17-29(26,30)2)19-5-7-20(8-6-19)36(3)4/h5-8,15,24-27H,9-12,16-17H2,1-4H3/t24-,25+,26-,27?,29-,30-/m0/s1. The predicted molar refractivity (Wildman–Crippen MR) is 138 cm³/mol. The molecule has 7 heteroatoms. The molecule has 1 unspecified atom stereocenters. The molecule has 0 amide bonds. The minimum Gasteiger partial charge on any atom is -0.378 e. The maximum Gasteiger partial charge on any atom is 0.457 e. The monoisotopic (exact) mass is 527 g/mol. The van der Waals surface area contributed by atoms with Crippen molar-refractivity contribution >= 4 is 17.3 Å². The van der Waals surface area contributed by atoms with Crippen LogP contribution in [0, 0.1) is 34.5 Å². The van der Waals surface area contributed by atoms with Crippen molar-refractivity contribution in [2.75, 3.05) is 19.0 Å². The Morgan fingerprint density at radius 2 is 1.82 bits per heavy atom. The summed E-state index contributed by atoms with van der Waals surface area (Å²) < 4.78 is 55.5. The van der Waals surface area contributed by atoms with E-state index < -0.39 is 23.2 Å². The summed E-state index contributed by atoms with van der Waals surface area (Å²) in [7, 11) is 3.89. The summed E-state index contributed by atoms with van der Waals surface area (Å²) in [6.07, 6.45) is -2.40. The van der Waals surface area contributed by atoms with Crippen molar-refractivity contribution in [2.45, 2.75) is 70.6 Å². The zero-order valence-corrected chi connectivity index (χ0v) is 22.2. The second kappa shape index (κ2) is 9.10. The first kappa shape index (κ1) is 26.7. The van der Waals surface area contributed by atoms with Crippen LogP contribution in [0.1, 0.15) is 63.9 Å². The lowest BCUT2D eigenvalue weighted by atomic mass is 9.48. The summed E-state index contributed by atoms with van der Waals surface area (Å²) in [4.78, 5) is 27.4. The largest absolute Gasteiger partial charge is 0.457 e. The molecule has 6 atom stereocenters. The summed E-state index contributed by atoms with van der Waals surface area (Å²) in [5, 5.41) is 0. The first-order valence-electron chi connectivity index (χ1n) is 13.3. The summed E-state index contributed by atoms with van der Waals surface area (Å²) in [5.41, 5.74) is 2.18. The molecular formula is C31H33F4NO2. The lowest BCUT2D eigenvalue weighted by Gasteiger charge is -2.55. The fourth-order valence-electron chi connectivity index (χ4n) is 8.01. The minimum absolute atomic E-state index is 0.0723. The molecule has 0 bridgehead atoms. The molecule has 4 aliphatic rings. The van der Waals surface area contributed by atoms with E-state index in [1.807, 2.05) is 50.2 Å². The summed E-state index contributed by atoms with van der Waals surface area (Å²) >= 11 is 0. The van der Waals surface area contributed by atoms with Gasteiger partial charge in [-0.15, -0.1) is 0 Å². The summed E-state index contributed by atoms with van der Waals surface area (Å²) in [6.45, 7) is 3.25. The van der Waals surface area contributed by atoms with Crippen LogP contribution in [-0.2, 0) is 9.59 Å². The van der Waals surface area contributed by atoms with Crippen LogP contribution in [0.5, 0.6) is 0 Å². The zero-order valence-electron chi connectivity index (χ0n) is 22.2. The van der Waals surface area contributed by atoms with Crippen molar-refractivity contribution in [1.82, 2.24) is 0 Å². The van der Waals surface area contributed by atoms with E-state index in [4.69, 9.17) is 0 Å². The van der Waals surface area contributed by atoms with Gasteiger partial charge in [0.05, 0.1) is 5.41 Å². The van der Waals surface area contributed by atoms with E-state index >= 15 is 4.39 Å². The summed E-state index contributed by atoms with van der Waals surface area (Å²) in [6, 6.07) is 8.06. The van der Waals surface area contributed by atoms with E-state index in [2.05, 4.69) is 5.92 Å². The molecule has 1 aromatic rings. The predicted octanol–water partition coefficient (Wildman–Crippen LogP) is 6.74. The minimum atomic E-state index is -4.71. The van der Waals surface area contributed by atoms with E-state index in [-0.39, 0.29) is 42.2 Å². The average molecular weight is 528 g/mol. The van der Waals surface area contributed by atoms with Gasteiger partial charge in [0.15, 0.2) is 5.78 Å². The molecule has 0 heterocycles. The number of carbonyl (C=O) groups is 2. The van der Waals surface area contributed by atoms with Crippen LogP contribution in [0.2, 0.25) is 0 Å². The van der Waals surface area contributed by atoms with E-state index in [1.165, 1.54) is 18.9 Å². The molecule has 2 saturated carbocycles. The quantitative estimate of drug-likeness (QED) is 0.323. The Balaban J connectivity index is 1.72. The number of hydrogen-bond donors (Lipinski definition) is 0. The lowest BCUT2D eigenvalue weighted by Crippen LogP contribution is -2.51. The maximum atomic E-state index is 15.7. The number of nitrogens with zero attached hydrogens (tertiary/aromatic N) is 1. The average Bonchev–Trinajstić information content (AvgIpc) is 3.15. The van der Waals surface area contributed by atoms with Gasteiger partial charge in [0.2, 0.25) is 0 Å². The zero-order chi connectivity index (χ0) is 27.6. The second-order valence-corrected chi connectivity index (χ2v) is 11.8. The molecule has 2 fully saturated rings. The highest BCUT2D eigenvalue weighted by molar-refractivity contribution is 5.93. The number of alkyl halides is 4. The Morgan fingerprint density at radius 3 is 2.42 bits per heavy atom. The van der Waals surface area contributed by atoms with Crippen molar-refractivity contribution in [1.29, 1.82) is 0 Å². The van der Waals surface area contributed by atoms with E-state index in [1.54, 1.807) is 0 Å². The van der Waals surface area contributed by atoms with E-state index in [9.17, 15) is 22.8 Å². The topological polar surface area (TPSA) is 37.4 Å². The van der Waals surface area contributed by atoms with Crippen LogP contribution in [0.4, 0.5) is 23.2 Å². The Bertz CT molecular complexity index is 1300. The number of halogens is 4. The second-order valence-electron chi connectivity index (χ2n) is 11.8. The number of allylic oxidation sites excluding steroid dienone is 4. The van der Waals surface area contributed by atoms with Gasteiger partial charge in [0, 0.05) is 38.0 Å². The SMILES string of the molecule is CC(=O)[C@@]1(C#CC(F)(F)F)CC[C@H]2[C@@H]3CC(F)C4=CC(=O)CCC4=C3[C@@H](c3ccc(N(C)C)cc3)C[C@@]21C. The molecule has 202 valence electrons. The van der Waals surface area contributed by atoms with Crippen LogP contribution in [0.25, 0.3) is 0 Å². The molecule has 3 nitrogen and oxygen atoms in total. The highest BCUT2D eigenvalue weighted by Crippen LogP contribution is 2.69. The van der Waals surface area contributed by atoms with Crippen LogP contribution in [0.3, 0.4) is 0 Å². The number of carbonyl (C=O) groups excluding carboxylic acids is 2. The van der Waals surface area contributed by atoms with Crippen molar-refractivity contribution in [3.63, 3.8) is 0 Å². The molecule has 38 heavy (non-hydrogen) atoms. The molecule has 5 rings (SSSR count). The number of rotatable bonds is 3. The Hall–Kier alpha value is -2.88. The number of ketones is 2. The molecule has 4 aliphatic carbocycles. The molecule has 0 saturated heterocycles. The van der Waals surface area contributed by atoms with Crippen molar-refractivity contribution in [3.05, 3.63) is 52.6 Å².